The molecule has 0 spiro atoms. The van der Waals surface area contributed by atoms with Crippen LogP contribution in [0.15, 0.2) is 24.3 Å². The first kappa shape index (κ1) is 15.0. The number of amides is 2. The van der Waals surface area contributed by atoms with Crippen LogP contribution >= 0.6 is 0 Å². The summed E-state index contributed by atoms with van der Waals surface area (Å²) in [7, 11) is 0. The molecule has 5 heteroatoms. The summed E-state index contributed by atoms with van der Waals surface area (Å²) in [5.74, 6) is -0.0613. The van der Waals surface area contributed by atoms with E-state index in [0.717, 1.165) is 19.5 Å². The van der Waals surface area contributed by atoms with Crippen LogP contribution in [0.3, 0.4) is 0 Å². The van der Waals surface area contributed by atoms with Crippen molar-refractivity contribution in [2.24, 2.45) is 0 Å². The Morgan fingerprint density at radius 2 is 1.95 bits per heavy atom. The summed E-state index contributed by atoms with van der Waals surface area (Å²) in [5.41, 5.74) is 1.32. The summed E-state index contributed by atoms with van der Waals surface area (Å²) >= 11 is 0. The molecule has 22 heavy (non-hydrogen) atoms. The van der Waals surface area contributed by atoms with Crippen LogP contribution in [0.2, 0.25) is 0 Å². The quantitative estimate of drug-likeness (QED) is 0.928. The summed E-state index contributed by atoms with van der Waals surface area (Å²) < 4.78 is 0. The second kappa shape index (κ2) is 6.48. The number of rotatable bonds is 3. The van der Waals surface area contributed by atoms with Crippen molar-refractivity contribution in [3.8, 4) is 0 Å². The number of carbonyl (C=O) groups excluding carboxylic acids is 2. The molecule has 1 aromatic rings. The molecule has 0 saturated carbocycles. The number of likely N-dealkylation sites (tertiary alicyclic amines) is 2. The van der Waals surface area contributed by atoms with E-state index in [1.807, 2.05) is 17.0 Å². The summed E-state index contributed by atoms with van der Waals surface area (Å²) in [6, 6.07) is 7.70. The zero-order valence-electron chi connectivity index (χ0n) is 13.0. The van der Waals surface area contributed by atoms with Gasteiger partial charge in [0.1, 0.15) is 0 Å². The van der Waals surface area contributed by atoms with Gasteiger partial charge in [0, 0.05) is 37.3 Å². The molecule has 0 radical (unpaired) electrons. The van der Waals surface area contributed by atoms with E-state index in [-0.39, 0.29) is 11.8 Å². The standard InChI is InChI=1S/C17H23N3O2/c1-13(21)18-15-6-4-5-14(11-15)17(22)20-10-7-16(12-20)19-8-2-3-9-19/h4-6,11,16H,2-3,7-10,12H2,1H3,(H,18,21). The summed E-state index contributed by atoms with van der Waals surface area (Å²) in [4.78, 5) is 28.2. The SMILES string of the molecule is CC(=O)Nc1cccc(C(=O)N2CCC(N3CCCC3)C2)c1. The molecule has 0 bridgehead atoms. The molecule has 2 aliphatic rings. The first-order chi connectivity index (χ1) is 10.6. The second-order valence-corrected chi connectivity index (χ2v) is 6.20. The number of carbonyl (C=O) groups is 2. The van der Waals surface area contributed by atoms with Crippen molar-refractivity contribution in [3.05, 3.63) is 29.8 Å². The van der Waals surface area contributed by atoms with Gasteiger partial charge in [-0.1, -0.05) is 6.07 Å². The molecule has 118 valence electrons. The van der Waals surface area contributed by atoms with Crippen LogP contribution in [-0.2, 0) is 4.79 Å². The van der Waals surface area contributed by atoms with Gasteiger partial charge in [0.05, 0.1) is 0 Å². The lowest BCUT2D eigenvalue weighted by molar-refractivity contribution is -0.114. The van der Waals surface area contributed by atoms with Crippen LogP contribution in [0.1, 0.15) is 36.5 Å². The summed E-state index contributed by atoms with van der Waals surface area (Å²) in [6.45, 7) is 5.46. The topological polar surface area (TPSA) is 52.7 Å². The zero-order chi connectivity index (χ0) is 15.5. The predicted molar refractivity (Wildman–Crippen MR) is 85.9 cm³/mol. The average Bonchev–Trinajstić information content (AvgIpc) is 3.17. The summed E-state index contributed by atoms with van der Waals surface area (Å²) in [6.07, 6.45) is 3.63. The molecule has 0 aliphatic carbocycles. The Morgan fingerprint density at radius 1 is 1.18 bits per heavy atom. The number of anilines is 1. The maximum Gasteiger partial charge on any atom is 0.253 e. The van der Waals surface area contributed by atoms with Gasteiger partial charge >= 0.3 is 0 Å². The molecule has 0 aromatic heterocycles. The highest BCUT2D eigenvalue weighted by atomic mass is 16.2. The van der Waals surface area contributed by atoms with Crippen molar-refractivity contribution in [1.29, 1.82) is 0 Å². The van der Waals surface area contributed by atoms with Gasteiger partial charge in [0.15, 0.2) is 0 Å². The van der Waals surface area contributed by atoms with Gasteiger partial charge in [0.25, 0.3) is 5.91 Å². The van der Waals surface area contributed by atoms with E-state index >= 15 is 0 Å². The van der Waals surface area contributed by atoms with Crippen molar-refractivity contribution in [1.82, 2.24) is 9.80 Å². The minimum Gasteiger partial charge on any atom is -0.337 e. The molecule has 2 fully saturated rings. The highest BCUT2D eigenvalue weighted by Crippen LogP contribution is 2.22. The molecule has 2 saturated heterocycles. The third-order valence-electron chi connectivity index (χ3n) is 4.54. The monoisotopic (exact) mass is 301 g/mol. The van der Waals surface area contributed by atoms with Crippen LogP contribution in [0.25, 0.3) is 0 Å². The Kier molecular flexibility index (Phi) is 4.43. The predicted octanol–water partition coefficient (Wildman–Crippen LogP) is 1.96. The highest BCUT2D eigenvalue weighted by molar-refractivity contribution is 5.97. The van der Waals surface area contributed by atoms with E-state index in [0.29, 0.717) is 17.3 Å². The molecule has 5 nitrogen and oxygen atoms in total. The van der Waals surface area contributed by atoms with Gasteiger partial charge in [-0.15, -0.1) is 0 Å². The van der Waals surface area contributed by atoms with Crippen LogP contribution in [0.4, 0.5) is 5.69 Å². The first-order valence-corrected chi connectivity index (χ1v) is 8.04. The lowest BCUT2D eigenvalue weighted by Crippen LogP contribution is -2.37. The van der Waals surface area contributed by atoms with Gasteiger partial charge in [-0.2, -0.15) is 0 Å². The van der Waals surface area contributed by atoms with E-state index in [4.69, 9.17) is 0 Å². The maximum absolute atomic E-state index is 12.6. The van der Waals surface area contributed by atoms with Gasteiger partial charge in [0.2, 0.25) is 5.91 Å². The largest absolute Gasteiger partial charge is 0.337 e. The highest BCUT2D eigenvalue weighted by Gasteiger charge is 2.31. The van der Waals surface area contributed by atoms with Gasteiger partial charge in [-0.25, -0.2) is 0 Å². The number of nitrogens with one attached hydrogen (secondary N) is 1. The molecule has 1 atom stereocenters. The third kappa shape index (κ3) is 3.30. The lowest BCUT2D eigenvalue weighted by Gasteiger charge is -2.23. The van der Waals surface area contributed by atoms with E-state index in [1.165, 1.54) is 32.9 Å². The van der Waals surface area contributed by atoms with E-state index < -0.39 is 0 Å². The molecule has 2 heterocycles. The second-order valence-electron chi connectivity index (χ2n) is 6.20. The Balaban J connectivity index is 1.65. The number of hydrogen-bond acceptors (Lipinski definition) is 3. The Morgan fingerprint density at radius 3 is 2.68 bits per heavy atom. The van der Waals surface area contributed by atoms with Crippen LogP contribution in [0.5, 0.6) is 0 Å². The van der Waals surface area contributed by atoms with Gasteiger partial charge in [-0.3, -0.25) is 14.5 Å². The van der Waals surface area contributed by atoms with Crippen LogP contribution < -0.4 is 5.32 Å². The van der Waals surface area contributed by atoms with Gasteiger partial charge in [-0.05, 0) is 50.6 Å². The normalized spacial score (nSPS) is 22.0. The zero-order valence-corrected chi connectivity index (χ0v) is 13.0. The maximum atomic E-state index is 12.6. The molecular formula is C17H23N3O2. The average molecular weight is 301 g/mol. The molecule has 1 N–H and O–H groups in total. The smallest absolute Gasteiger partial charge is 0.253 e. The van der Waals surface area contributed by atoms with E-state index in [2.05, 4.69) is 10.2 Å². The minimum absolute atomic E-state index is 0.0638. The summed E-state index contributed by atoms with van der Waals surface area (Å²) in [5, 5.41) is 2.73. The minimum atomic E-state index is -0.125. The van der Waals surface area contributed by atoms with Crippen molar-refractivity contribution in [2.45, 2.75) is 32.2 Å². The number of nitrogens with zero attached hydrogens (tertiary/aromatic N) is 2. The molecule has 2 aliphatic heterocycles. The van der Waals surface area contributed by atoms with Crippen molar-refractivity contribution >= 4 is 17.5 Å². The molecule has 3 rings (SSSR count). The van der Waals surface area contributed by atoms with Crippen molar-refractivity contribution < 1.29 is 9.59 Å². The Bertz CT molecular complexity index is 567. The molecule has 2 amide bonds. The van der Waals surface area contributed by atoms with Crippen molar-refractivity contribution in [2.75, 3.05) is 31.5 Å². The fourth-order valence-electron chi connectivity index (χ4n) is 3.45. The number of benzene rings is 1. The van der Waals surface area contributed by atoms with Crippen LogP contribution in [-0.4, -0.2) is 53.8 Å². The third-order valence-corrected chi connectivity index (χ3v) is 4.54. The molecule has 1 aromatic carbocycles. The number of hydrogen-bond donors (Lipinski definition) is 1. The van der Waals surface area contributed by atoms with Crippen molar-refractivity contribution in [3.63, 3.8) is 0 Å². The van der Waals surface area contributed by atoms with E-state index in [1.54, 1.807) is 12.1 Å². The fourth-order valence-corrected chi connectivity index (χ4v) is 3.45. The molecule has 1 unspecified atom stereocenters. The lowest BCUT2D eigenvalue weighted by atomic mass is 10.1. The van der Waals surface area contributed by atoms with Crippen LogP contribution in [0, 0.1) is 0 Å². The van der Waals surface area contributed by atoms with Gasteiger partial charge < -0.3 is 10.2 Å². The molecular weight excluding hydrogens is 278 g/mol. The van der Waals surface area contributed by atoms with E-state index in [9.17, 15) is 9.59 Å². The first-order valence-electron chi connectivity index (χ1n) is 8.04. The Labute approximate surface area is 131 Å². The fraction of sp³-hybridized carbons (Fsp3) is 0.529. The Hall–Kier alpha value is -1.88.